The van der Waals surface area contributed by atoms with Crippen LogP contribution in [0.25, 0.3) is 33.6 Å². The topological polar surface area (TPSA) is 39.7 Å². The highest BCUT2D eigenvalue weighted by atomic mass is 16.3. The summed E-state index contributed by atoms with van der Waals surface area (Å²) in [5.74, 6) is 3.03. The third-order valence-electron chi connectivity index (χ3n) is 17.3. The molecule has 4 nitrogen and oxygen atoms in total. The minimum atomic E-state index is -0.808. The van der Waals surface area contributed by atoms with Crippen LogP contribution in [-0.4, -0.2) is 16.4 Å². The molecule has 0 saturated heterocycles. The highest BCUT2D eigenvalue weighted by Crippen LogP contribution is 2.68. The zero-order valence-electron chi connectivity index (χ0n) is 36.7. The van der Waals surface area contributed by atoms with E-state index in [0.29, 0.717) is 17.9 Å². The monoisotopic (exact) mass is 816 g/mol. The molecule has 0 spiro atoms. The average Bonchev–Trinajstić information content (AvgIpc) is 3.89. The summed E-state index contributed by atoms with van der Waals surface area (Å²) in [6, 6.07) is 57.1. The molecule has 1 aromatic heterocycles. The minimum Gasteiger partial charge on any atom is -0.383 e. The molecular weight excluding hydrogens is 755 g/mol. The summed E-state index contributed by atoms with van der Waals surface area (Å²) in [6.45, 7) is 5.75. The van der Waals surface area contributed by atoms with E-state index in [0.717, 1.165) is 71.8 Å². The first-order valence-corrected chi connectivity index (χ1v) is 23.8. The van der Waals surface area contributed by atoms with Crippen molar-refractivity contribution in [3.8, 4) is 33.6 Å². The fraction of sp³-hybridized carbons (Fsp3) is 0.379. The van der Waals surface area contributed by atoms with Gasteiger partial charge in [0.15, 0.2) is 6.54 Å². The lowest BCUT2D eigenvalue weighted by Gasteiger charge is -2.61. The van der Waals surface area contributed by atoms with Crippen LogP contribution < -0.4 is 9.58 Å². The van der Waals surface area contributed by atoms with Crippen LogP contribution in [0.3, 0.4) is 0 Å². The molecule has 4 saturated carbocycles. The molecule has 0 bridgehead atoms. The number of benzene rings is 5. The first-order chi connectivity index (χ1) is 30.3. The van der Waals surface area contributed by atoms with E-state index in [1.807, 2.05) is 0 Å². The van der Waals surface area contributed by atoms with Gasteiger partial charge in [0.25, 0.3) is 0 Å². The Morgan fingerprint density at radius 2 is 1.18 bits per heavy atom. The lowest BCUT2D eigenvalue weighted by Crippen LogP contribution is -2.60. The van der Waals surface area contributed by atoms with Crippen molar-refractivity contribution in [2.75, 3.05) is 5.01 Å². The molecule has 1 N–H and O–H groups in total. The van der Waals surface area contributed by atoms with E-state index in [9.17, 15) is 5.11 Å². The number of hydrogen-bond donors (Lipinski definition) is 1. The predicted molar refractivity (Wildman–Crippen MR) is 253 cm³/mol. The van der Waals surface area contributed by atoms with Gasteiger partial charge in [-0.05, 0) is 139 Å². The quantitative estimate of drug-likeness (QED) is 0.155. The van der Waals surface area contributed by atoms with Gasteiger partial charge in [0.1, 0.15) is 5.60 Å². The van der Waals surface area contributed by atoms with Gasteiger partial charge in [-0.3, -0.25) is 5.01 Å². The Labute approximate surface area is 369 Å². The molecule has 6 aromatic rings. The highest BCUT2D eigenvalue weighted by molar-refractivity contribution is 6.03. The van der Waals surface area contributed by atoms with Gasteiger partial charge in [-0.25, -0.2) is 0 Å². The summed E-state index contributed by atoms with van der Waals surface area (Å²) < 4.78 is 2.50. The molecule has 5 aliphatic rings. The molecule has 0 amide bonds. The molecule has 5 aromatic carbocycles. The lowest BCUT2D eigenvalue weighted by atomic mass is 9.44. The van der Waals surface area contributed by atoms with E-state index in [-0.39, 0.29) is 11.5 Å². The number of pyridine rings is 1. The van der Waals surface area contributed by atoms with E-state index in [1.54, 1.807) is 0 Å². The first-order valence-electron chi connectivity index (χ1n) is 23.8. The van der Waals surface area contributed by atoms with Crippen molar-refractivity contribution in [2.24, 2.45) is 39.6 Å². The number of hydrogen-bond acceptors (Lipinski definition) is 3. The Balaban J connectivity index is 0.974. The number of rotatable bonds is 8. The fourth-order valence-corrected chi connectivity index (χ4v) is 13.9. The van der Waals surface area contributed by atoms with Crippen LogP contribution in [0.15, 0.2) is 163 Å². The zero-order chi connectivity index (χ0) is 41.9. The summed E-state index contributed by atoms with van der Waals surface area (Å²) in [7, 11) is 0. The first kappa shape index (κ1) is 39.5. The molecule has 0 unspecified atom stereocenters. The van der Waals surface area contributed by atoms with Crippen LogP contribution in [0.1, 0.15) is 102 Å². The smallest absolute Gasteiger partial charge is 0.213 e. The predicted octanol–water partition coefficient (Wildman–Crippen LogP) is 13.5. The van der Waals surface area contributed by atoms with Gasteiger partial charge in [0.2, 0.25) is 11.4 Å². The Bertz CT molecular complexity index is 2500. The maximum atomic E-state index is 13.4. The molecule has 11 rings (SSSR count). The van der Waals surface area contributed by atoms with E-state index in [2.05, 4.69) is 181 Å². The summed E-state index contributed by atoms with van der Waals surface area (Å²) in [5, 5.41) is 20.9. The highest BCUT2D eigenvalue weighted by Gasteiger charge is 2.65. The summed E-state index contributed by atoms with van der Waals surface area (Å²) in [5.41, 5.74) is 11.2. The Kier molecular flexibility index (Phi) is 10.1. The minimum absolute atomic E-state index is 0.116. The molecule has 4 heteroatoms. The van der Waals surface area contributed by atoms with Crippen LogP contribution in [0.2, 0.25) is 0 Å². The summed E-state index contributed by atoms with van der Waals surface area (Å²) >= 11 is 0. The Morgan fingerprint density at radius 3 is 1.82 bits per heavy atom. The molecule has 1 aliphatic heterocycles. The average molecular weight is 817 g/mol. The Hall–Kier alpha value is -5.32. The van der Waals surface area contributed by atoms with Crippen molar-refractivity contribution in [3.63, 3.8) is 0 Å². The van der Waals surface area contributed by atoms with E-state index >= 15 is 0 Å². The second-order valence-electron chi connectivity index (χ2n) is 20.2. The SMILES string of the molecule is C[C@]12CCCC[C@@H]1CC[C@H]1[C@H]2CC[C@@]2(C)[C@@H]1CC[C@@]2(O)C[n+]1c(-c2ccccc2)cc(-c2ccc(N3N=C(c4ccccc4)C[C@H]3c3ccccc3)cc2)cc1-c1ccccc1. The number of nitrogens with zero attached hydrogens (tertiary/aromatic N) is 3. The molecule has 62 heavy (non-hydrogen) atoms. The largest absolute Gasteiger partial charge is 0.383 e. The number of aromatic nitrogens is 1. The van der Waals surface area contributed by atoms with E-state index in [1.165, 1.54) is 72.8 Å². The second-order valence-corrected chi connectivity index (χ2v) is 20.2. The van der Waals surface area contributed by atoms with Crippen molar-refractivity contribution >= 4 is 11.4 Å². The van der Waals surface area contributed by atoms with Gasteiger partial charge < -0.3 is 5.11 Å². The fourth-order valence-electron chi connectivity index (χ4n) is 13.9. The number of fused-ring (bicyclic) bond motifs is 5. The van der Waals surface area contributed by atoms with Crippen molar-refractivity contribution in [2.45, 2.75) is 103 Å². The van der Waals surface area contributed by atoms with E-state index < -0.39 is 5.60 Å². The van der Waals surface area contributed by atoms with E-state index in [4.69, 9.17) is 5.10 Å². The van der Waals surface area contributed by atoms with Crippen LogP contribution in [-0.2, 0) is 6.54 Å². The van der Waals surface area contributed by atoms with Crippen molar-refractivity contribution in [1.29, 1.82) is 0 Å². The number of anilines is 1. The van der Waals surface area contributed by atoms with Gasteiger partial charge in [0.05, 0.1) is 17.4 Å². The summed E-state index contributed by atoms with van der Waals surface area (Å²) in [4.78, 5) is 0. The number of hydrazone groups is 1. The van der Waals surface area contributed by atoms with Crippen LogP contribution in [0.5, 0.6) is 0 Å². The van der Waals surface area contributed by atoms with Crippen LogP contribution >= 0.6 is 0 Å². The van der Waals surface area contributed by atoms with Crippen LogP contribution in [0.4, 0.5) is 5.69 Å². The maximum absolute atomic E-state index is 13.4. The normalized spacial score (nSPS) is 30.3. The van der Waals surface area contributed by atoms with Crippen molar-refractivity contribution in [1.82, 2.24) is 0 Å². The van der Waals surface area contributed by atoms with Crippen LogP contribution in [0, 0.1) is 34.5 Å². The molecule has 2 heterocycles. The summed E-state index contributed by atoms with van der Waals surface area (Å²) in [6.07, 6.45) is 13.7. The molecule has 4 aliphatic carbocycles. The maximum Gasteiger partial charge on any atom is 0.213 e. The molecule has 4 fully saturated rings. The standard InChI is InChI=1S/C58H62N3O/c1-56-34-16-15-25-47(56)28-31-49-50(56)32-35-57(2)51(49)33-36-58(57,62)40-60-53(43-19-9-4-10-20-43)37-46(38-54(60)44-21-11-5-12-22-44)41-26-29-48(30-27-41)61-55(45-23-13-6-14-24-45)39-52(59-61)42-17-7-3-8-18-42/h3-14,17-24,26-27,29-30,37-38,47,49-51,55,62H,15-16,25,28,31-36,39-40H2,1-2H3/q+1/t47-,49+,50-,51-,55+,56+,57+,58-/m1/s1. The van der Waals surface area contributed by atoms with Crippen molar-refractivity contribution in [3.05, 3.63) is 169 Å². The van der Waals surface area contributed by atoms with Gasteiger partial charge >= 0.3 is 0 Å². The molecule has 0 radical (unpaired) electrons. The lowest BCUT2D eigenvalue weighted by molar-refractivity contribution is -0.692. The van der Waals surface area contributed by atoms with Gasteiger partial charge in [-0.2, -0.15) is 9.67 Å². The third kappa shape index (κ3) is 6.67. The zero-order valence-corrected chi connectivity index (χ0v) is 36.7. The third-order valence-corrected chi connectivity index (χ3v) is 17.3. The van der Waals surface area contributed by atoms with Crippen molar-refractivity contribution < 1.29 is 9.67 Å². The van der Waals surface area contributed by atoms with Gasteiger partial charge in [-0.1, -0.05) is 136 Å². The Morgan fingerprint density at radius 1 is 0.581 bits per heavy atom. The second kappa shape index (κ2) is 15.8. The van der Waals surface area contributed by atoms with Gasteiger partial charge in [0, 0.05) is 35.1 Å². The number of aliphatic hydroxyl groups is 1. The van der Waals surface area contributed by atoms with Gasteiger partial charge in [-0.15, -0.1) is 0 Å². The molecule has 8 atom stereocenters. The molecular formula is C58H62N3O+. The molecule has 314 valence electrons.